The van der Waals surface area contributed by atoms with Crippen molar-refractivity contribution in [3.05, 3.63) is 66.2 Å². The smallest absolute Gasteiger partial charge is 0.267 e. The van der Waals surface area contributed by atoms with E-state index in [9.17, 15) is 13.2 Å². The number of carbonyl (C=O) groups excluding carboxylic acids is 1. The Morgan fingerprint density at radius 1 is 1.07 bits per heavy atom. The lowest BCUT2D eigenvalue weighted by molar-refractivity contribution is -0.124. The van der Waals surface area contributed by atoms with E-state index < -0.39 is 16.1 Å². The molecule has 1 atom stereocenters. The Hall–Kier alpha value is -2.90. The SMILES string of the molecule is C[C@@H](Oc1cccc2ccccc12)C(=O)N1CCc2cc(S(=O)(=O)N(C)C)ccc21. The van der Waals surface area contributed by atoms with Gasteiger partial charge in [0.05, 0.1) is 4.90 Å². The van der Waals surface area contributed by atoms with Gasteiger partial charge < -0.3 is 9.64 Å². The Balaban J connectivity index is 1.57. The van der Waals surface area contributed by atoms with Crippen LogP contribution >= 0.6 is 0 Å². The third-order valence-electron chi connectivity index (χ3n) is 5.39. The Labute approximate surface area is 176 Å². The summed E-state index contributed by atoms with van der Waals surface area (Å²) in [5, 5.41) is 2.01. The molecule has 6 nitrogen and oxygen atoms in total. The van der Waals surface area contributed by atoms with Crippen molar-refractivity contribution >= 4 is 32.4 Å². The number of amides is 1. The molecule has 4 rings (SSSR count). The maximum atomic E-state index is 13.1. The zero-order chi connectivity index (χ0) is 21.5. The third kappa shape index (κ3) is 3.55. The average Bonchev–Trinajstić information content (AvgIpc) is 3.16. The molecule has 0 N–H and O–H groups in total. The third-order valence-corrected chi connectivity index (χ3v) is 7.20. The summed E-state index contributed by atoms with van der Waals surface area (Å²) in [6, 6.07) is 18.6. The van der Waals surface area contributed by atoms with Crippen LogP contribution < -0.4 is 9.64 Å². The molecular weight excluding hydrogens is 400 g/mol. The van der Waals surface area contributed by atoms with E-state index in [4.69, 9.17) is 4.74 Å². The van der Waals surface area contributed by atoms with Gasteiger partial charge in [0.1, 0.15) is 5.75 Å². The van der Waals surface area contributed by atoms with Gasteiger partial charge in [-0.15, -0.1) is 0 Å². The van der Waals surface area contributed by atoms with Crippen LogP contribution in [0.25, 0.3) is 10.8 Å². The molecule has 1 heterocycles. The van der Waals surface area contributed by atoms with Gasteiger partial charge in [-0.2, -0.15) is 0 Å². The second-order valence-electron chi connectivity index (χ2n) is 7.56. The summed E-state index contributed by atoms with van der Waals surface area (Å²) in [5.74, 6) is 0.519. The molecule has 1 amide bonds. The number of hydrogen-bond acceptors (Lipinski definition) is 4. The first-order chi connectivity index (χ1) is 14.3. The van der Waals surface area contributed by atoms with Gasteiger partial charge in [0.2, 0.25) is 10.0 Å². The van der Waals surface area contributed by atoms with Gasteiger partial charge in [-0.3, -0.25) is 4.79 Å². The quantitative estimate of drug-likeness (QED) is 0.629. The van der Waals surface area contributed by atoms with Gasteiger partial charge in [-0.25, -0.2) is 12.7 Å². The van der Waals surface area contributed by atoms with Crippen LogP contribution in [-0.4, -0.2) is 45.4 Å². The summed E-state index contributed by atoms with van der Waals surface area (Å²) >= 11 is 0. The number of ether oxygens (including phenoxy) is 1. The van der Waals surface area contributed by atoms with Crippen LogP contribution in [0.3, 0.4) is 0 Å². The molecule has 156 valence electrons. The van der Waals surface area contributed by atoms with Crippen molar-refractivity contribution in [2.24, 2.45) is 0 Å². The monoisotopic (exact) mass is 424 g/mol. The molecule has 0 fully saturated rings. The maximum Gasteiger partial charge on any atom is 0.267 e. The van der Waals surface area contributed by atoms with Crippen molar-refractivity contribution in [3.8, 4) is 5.75 Å². The zero-order valence-corrected chi connectivity index (χ0v) is 18.0. The first-order valence-electron chi connectivity index (χ1n) is 9.80. The van der Waals surface area contributed by atoms with Crippen molar-refractivity contribution in [2.45, 2.75) is 24.3 Å². The Morgan fingerprint density at radius 2 is 1.80 bits per heavy atom. The van der Waals surface area contributed by atoms with Gasteiger partial charge in [0.25, 0.3) is 5.91 Å². The minimum atomic E-state index is -3.51. The Morgan fingerprint density at radius 3 is 2.57 bits per heavy atom. The van der Waals surface area contributed by atoms with Crippen LogP contribution in [0.2, 0.25) is 0 Å². The second-order valence-corrected chi connectivity index (χ2v) is 9.71. The number of fused-ring (bicyclic) bond motifs is 2. The van der Waals surface area contributed by atoms with Gasteiger partial charge in [0.15, 0.2) is 6.10 Å². The van der Waals surface area contributed by atoms with Crippen molar-refractivity contribution in [3.63, 3.8) is 0 Å². The first kappa shape index (κ1) is 20.4. The topological polar surface area (TPSA) is 66.9 Å². The van der Waals surface area contributed by atoms with E-state index in [1.165, 1.54) is 18.4 Å². The lowest BCUT2D eigenvalue weighted by Gasteiger charge is -2.23. The molecule has 7 heteroatoms. The summed E-state index contributed by atoms with van der Waals surface area (Å²) in [5.41, 5.74) is 1.59. The number of sulfonamides is 1. The summed E-state index contributed by atoms with van der Waals surface area (Å²) in [6.45, 7) is 2.25. The van der Waals surface area contributed by atoms with Crippen LogP contribution in [0.15, 0.2) is 65.6 Å². The zero-order valence-electron chi connectivity index (χ0n) is 17.2. The van der Waals surface area contributed by atoms with Crippen LogP contribution in [-0.2, 0) is 21.2 Å². The van der Waals surface area contributed by atoms with E-state index in [-0.39, 0.29) is 10.8 Å². The lowest BCUT2D eigenvalue weighted by Crippen LogP contribution is -2.39. The van der Waals surface area contributed by atoms with Gasteiger partial charge in [-0.1, -0.05) is 36.4 Å². The van der Waals surface area contributed by atoms with Crippen molar-refractivity contribution in [1.82, 2.24) is 4.31 Å². The lowest BCUT2D eigenvalue weighted by atomic mass is 10.1. The molecule has 30 heavy (non-hydrogen) atoms. The molecule has 3 aromatic rings. The van der Waals surface area contributed by atoms with Crippen LogP contribution in [0.1, 0.15) is 12.5 Å². The minimum Gasteiger partial charge on any atom is -0.480 e. The van der Waals surface area contributed by atoms with Crippen LogP contribution in [0.5, 0.6) is 5.75 Å². The Kier molecular flexibility index (Phi) is 5.26. The highest BCUT2D eigenvalue weighted by Gasteiger charge is 2.30. The number of hydrogen-bond donors (Lipinski definition) is 0. The number of benzene rings is 3. The van der Waals surface area contributed by atoms with Gasteiger partial charge in [-0.05, 0) is 48.6 Å². The maximum absolute atomic E-state index is 13.1. The molecule has 1 aliphatic rings. The minimum absolute atomic E-state index is 0.148. The van der Waals surface area contributed by atoms with Crippen LogP contribution in [0.4, 0.5) is 5.69 Å². The molecule has 0 saturated heterocycles. The largest absolute Gasteiger partial charge is 0.480 e. The predicted octanol–water partition coefficient (Wildman–Crippen LogP) is 3.45. The molecule has 0 aliphatic carbocycles. The van der Waals surface area contributed by atoms with E-state index >= 15 is 0 Å². The van der Waals surface area contributed by atoms with E-state index in [1.807, 2.05) is 42.5 Å². The van der Waals surface area contributed by atoms with Crippen LogP contribution in [0, 0.1) is 0 Å². The fraction of sp³-hybridized carbons (Fsp3) is 0.261. The van der Waals surface area contributed by atoms with Crippen molar-refractivity contribution in [1.29, 1.82) is 0 Å². The van der Waals surface area contributed by atoms with E-state index in [1.54, 1.807) is 30.0 Å². The van der Waals surface area contributed by atoms with E-state index in [0.29, 0.717) is 18.7 Å². The number of nitrogens with zero attached hydrogens (tertiary/aromatic N) is 2. The summed E-state index contributed by atoms with van der Waals surface area (Å²) in [6.07, 6.45) is -0.0642. The molecule has 1 aliphatic heterocycles. The molecule has 3 aromatic carbocycles. The van der Waals surface area contributed by atoms with Crippen molar-refractivity contribution < 1.29 is 17.9 Å². The average molecular weight is 425 g/mol. The molecule has 0 radical (unpaired) electrons. The van der Waals surface area contributed by atoms with E-state index in [2.05, 4.69) is 0 Å². The predicted molar refractivity (Wildman–Crippen MR) is 117 cm³/mol. The molecule has 0 unspecified atom stereocenters. The highest BCUT2D eigenvalue weighted by molar-refractivity contribution is 7.89. The fourth-order valence-corrected chi connectivity index (χ4v) is 4.69. The molecular formula is C23H24N2O4S. The summed E-state index contributed by atoms with van der Waals surface area (Å²) < 4.78 is 32.0. The standard InChI is InChI=1S/C23H24N2O4S/c1-16(29-22-10-6-8-17-7-4-5-9-20(17)22)23(26)25-14-13-18-15-19(11-12-21(18)25)30(27,28)24(2)3/h4-12,15-16H,13-14H2,1-3H3/t16-/m1/s1. The number of anilines is 1. The highest BCUT2D eigenvalue weighted by atomic mass is 32.2. The number of rotatable bonds is 5. The second kappa shape index (κ2) is 7.74. The Bertz CT molecular complexity index is 1220. The van der Waals surface area contributed by atoms with Gasteiger partial charge in [0, 0.05) is 31.7 Å². The summed E-state index contributed by atoms with van der Waals surface area (Å²) in [4.78, 5) is 15.0. The number of carbonyl (C=O) groups is 1. The molecule has 0 aromatic heterocycles. The molecule has 0 bridgehead atoms. The van der Waals surface area contributed by atoms with Crippen molar-refractivity contribution in [2.75, 3.05) is 25.5 Å². The fourth-order valence-electron chi connectivity index (χ4n) is 3.74. The van der Waals surface area contributed by atoms with Gasteiger partial charge >= 0.3 is 0 Å². The summed E-state index contributed by atoms with van der Waals surface area (Å²) in [7, 11) is -0.500. The highest BCUT2D eigenvalue weighted by Crippen LogP contribution is 2.32. The molecule has 0 spiro atoms. The van der Waals surface area contributed by atoms with E-state index in [0.717, 1.165) is 22.0 Å². The first-order valence-corrected chi connectivity index (χ1v) is 11.2. The normalized spacial score (nSPS) is 14.7. The molecule has 0 saturated carbocycles.